The summed E-state index contributed by atoms with van der Waals surface area (Å²) in [5.41, 5.74) is 0.520. The quantitative estimate of drug-likeness (QED) is 0.533. The Hall–Kier alpha value is -1.10. The number of ketones is 2. The summed E-state index contributed by atoms with van der Waals surface area (Å²) in [7, 11) is 0. The molecule has 0 bridgehead atoms. The molecule has 1 aliphatic carbocycles. The van der Waals surface area contributed by atoms with Crippen molar-refractivity contribution in [3.63, 3.8) is 0 Å². The van der Waals surface area contributed by atoms with Crippen LogP contribution in [0.15, 0.2) is 30.3 Å². The first-order valence-electron chi connectivity index (χ1n) is 5.27. The van der Waals surface area contributed by atoms with Gasteiger partial charge in [-0.15, -0.1) is 0 Å². The van der Waals surface area contributed by atoms with Crippen LogP contribution in [0.3, 0.4) is 0 Å². The first kappa shape index (κ1) is 14.0. The van der Waals surface area contributed by atoms with E-state index in [2.05, 4.69) is 14.8 Å². The number of Topliss-reactive ketones (excluding diaryl/α,β-unsaturated/α-hetero) is 1. The summed E-state index contributed by atoms with van der Waals surface area (Å²) in [5.74, 6) is -1.72. The molecule has 0 amide bonds. The molecule has 0 atom stereocenters. The Labute approximate surface area is 108 Å². The molecule has 0 spiro atoms. The monoisotopic (exact) mass is 338 g/mol. The van der Waals surface area contributed by atoms with Crippen LogP contribution in [-0.4, -0.2) is 31.3 Å². The first-order valence-corrected chi connectivity index (χ1v) is 13.8. The zero-order valence-electron chi connectivity index (χ0n) is 10.1. The van der Waals surface area contributed by atoms with Crippen LogP contribution in [-0.2, 0) is 4.79 Å². The van der Waals surface area contributed by atoms with E-state index in [-0.39, 0.29) is 11.3 Å². The molecule has 0 radical (unpaired) electrons. The Bertz CT molecular complexity index is 473. The summed E-state index contributed by atoms with van der Waals surface area (Å²) < 4.78 is 0. The zero-order valence-corrected chi connectivity index (χ0v) is 13.0. The summed E-state index contributed by atoms with van der Waals surface area (Å²) in [4.78, 5) is 29.3. The molecule has 0 fully saturated rings. The molecule has 4 heteroatoms. The van der Waals surface area contributed by atoms with Crippen molar-refractivity contribution in [2.75, 3.05) is 0 Å². The fourth-order valence-electron chi connectivity index (χ4n) is 1.29. The average molecular weight is 337 g/mol. The van der Waals surface area contributed by atoms with Gasteiger partial charge in [0.15, 0.2) is 0 Å². The van der Waals surface area contributed by atoms with Crippen molar-refractivity contribution in [1.29, 1.82) is 0 Å². The zero-order chi connectivity index (χ0) is 13.0. The van der Waals surface area contributed by atoms with E-state index in [0.717, 1.165) is 6.08 Å². The van der Waals surface area contributed by atoms with E-state index in [4.69, 9.17) is 0 Å². The van der Waals surface area contributed by atoms with Crippen LogP contribution in [0.25, 0.3) is 5.76 Å². The van der Waals surface area contributed by atoms with Gasteiger partial charge in [0.2, 0.25) is 11.6 Å². The van der Waals surface area contributed by atoms with E-state index in [0.29, 0.717) is 5.56 Å². The van der Waals surface area contributed by atoms with Gasteiger partial charge >= 0.3 is 34.6 Å². The number of carbonyl (C=O) groups excluding carboxylic acids is 2. The molecule has 3 nitrogen and oxygen atoms in total. The first-order chi connectivity index (χ1) is 7.93. The summed E-state index contributed by atoms with van der Waals surface area (Å²) in [6, 6.07) is 6.31. The number of allylic oxidation sites excluding steroid dienone is 1. The van der Waals surface area contributed by atoms with E-state index in [1.807, 2.05) is 0 Å². The molecule has 0 heterocycles. The van der Waals surface area contributed by atoms with Gasteiger partial charge in [0.25, 0.3) is 0 Å². The molecule has 1 aliphatic rings. The van der Waals surface area contributed by atoms with Crippen LogP contribution < -0.4 is 5.11 Å². The maximum absolute atomic E-state index is 11.2. The van der Waals surface area contributed by atoms with Crippen molar-refractivity contribution in [3.05, 3.63) is 41.5 Å². The van der Waals surface area contributed by atoms with Gasteiger partial charge in [0, 0.05) is 5.56 Å². The van der Waals surface area contributed by atoms with Crippen molar-refractivity contribution in [3.8, 4) is 0 Å². The van der Waals surface area contributed by atoms with Gasteiger partial charge in [-0.1, -0.05) is 30.0 Å². The van der Waals surface area contributed by atoms with Crippen LogP contribution in [0.4, 0.5) is 0 Å². The average Bonchev–Trinajstić information content (AvgIpc) is 2.25. The van der Waals surface area contributed by atoms with Gasteiger partial charge < -0.3 is 5.11 Å². The maximum atomic E-state index is 11.2. The molecule has 2 rings (SSSR count). The molecule has 0 aliphatic heterocycles. The van der Waals surface area contributed by atoms with Gasteiger partial charge in [-0.3, -0.25) is 9.59 Å². The molecular formula is C13H14O3Sn. The Morgan fingerprint density at radius 1 is 1.00 bits per heavy atom. The molecule has 0 saturated heterocycles. The third-order valence-electron chi connectivity index (χ3n) is 1.92. The van der Waals surface area contributed by atoms with Crippen molar-refractivity contribution in [2.45, 2.75) is 14.8 Å². The Morgan fingerprint density at radius 3 is 2.00 bits per heavy atom. The van der Waals surface area contributed by atoms with E-state index in [1.165, 1.54) is 6.07 Å². The topological polar surface area (TPSA) is 57.2 Å². The normalized spacial score (nSPS) is 13.2. The van der Waals surface area contributed by atoms with Crippen molar-refractivity contribution >= 4 is 37.1 Å². The number of benzene rings is 1. The fraction of sp³-hybridized carbons (Fsp3) is 0.231. The number of hydrogen-bond donors (Lipinski definition) is 0. The fourth-order valence-corrected chi connectivity index (χ4v) is 1.29. The minimum absolute atomic E-state index is 0.208. The predicted octanol–water partition coefficient (Wildman–Crippen LogP) is 1.52. The van der Waals surface area contributed by atoms with Crippen LogP contribution in [0, 0.1) is 0 Å². The standard InChI is InChI=1S/C10H6O3.3CH3.Sn/c11-8-5-9(12)10(13)7-4-2-1-3-6(7)8;;;;/h1-5,11H;3*1H3;/q;;;;+1/p-1. The second-order valence-electron chi connectivity index (χ2n) is 4.25. The molecular weight excluding hydrogens is 323 g/mol. The van der Waals surface area contributed by atoms with E-state index in [9.17, 15) is 14.7 Å². The third kappa shape index (κ3) is 3.70. The van der Waals surface area contributed by atoms with Gasteiger partial charge in [-0.25, -0.2) is 0 Å². The van der Waals surface area contributed by atoms with Crippen molar-refractivity contribution in [2.24, 2.45) is 0 Å². The molecule has 17 heavy (non-hydrogen) atoms. The van der Waals surface area contributed by atoms with Crippen LogP contribution >= 0.6 is 0 Å². The molecule has 88 valence electrons. The van der Waals surface area contributed by atoms with E-state index < -0.39 is 31.3 Å². The molecule has 0 unspecified atom stereocenters. The summed E-state index contributed by atoms with van der Waals surface area (Å²) >= 11 is -0.543. The minimum atomic E-state index is -0.733. The number of carbonyl (C=O) groups is 2. The van der Waals surface area contributed by atoms with Gasteiger partial charge in [0.05, 0.1) is 0 Å². The Kier molecular flexibility index (Phi) is 4.93. The van der Waals surface area contributed by atoms with E-state index >= 15 is 0 Å². The van der Waals surface area contributed by atoms with E-state index in [1.54, 1.807) is 18.2 Å². The molecule has 0 saturated carbocycles. The SMILES string of the molecule is O=C1C=C([O-])c2ccccc2C1=O.[CH3][Sn+]([CH3])[CH3]. The second kappa shape index (κ2) is 6.00. The Morgan fingerprint density at radius 2 is 1.47 bits per heavy atom. The second-order valence-corrected chi connectivity index (χ2v) is 12.8. The van der Waals surface area contributed by atoms with Crippen molar-refractivity contribution in [1.82, 2.24) is 0 Å². The van der Waals surface area contributed by atoms with Crippen LogP contribution in [0.5, 0.6) is 0 Å². The van der Waals surface area contributed by atoms with Gasteiger partial charge in [0.1, 0.15) is 0 Å². The molecule has 1 aromatic rings. The third-order valence-corrected chi connectivity index (χ3v) is 1.92. The predicted molar refractivity (Wildman–Crippen MR) is 67.1 cm³/mol. The van der Waals surface area contributed by atoms with Crippen molar-refractivity contribution < 1.29 is 14.7 Å². The molecule has 0 aromatic heterocycles. The number of hydrogen-bond acceptors (Lipinski definition) is 3. The summed E-state index contributed by atoms with van der Waals surface area (Å²) in [5, 5.41) is 11.2. The van der Waals surface area contributed by atoms with Gasteiger partial charge in [-0.05, 0) is 11.6 Å². The van der Waals surface area contributed by atoms with Gasteiger partial charge in [-0.2, -0.15) is 0 Å². The summed E-state index contributed by atoms with van der Waals surface area (Å²) in [6.07, 6.45) is 0.838. The number of fused-ring (bicyclic) bond motifs is 1. The van der Waals surface area contributed by atoms with Crippen LogP contribution in [0.1, 0.15) is 15.9 Å². The molecule has 1 aromatic carbocycles. The number of rotatable bonds is 0. The van der Waals surface area contributed by atoms with Crippen LogP contribution in [0.2, 0.25) is 14.8 Å². The summed E-state index contributed by atoms with van der Waals surface area (Å²) in [6.45, 7) is 0. The molecule has 0 N–H and O–H groups in total. The Balaban J connectivity index is 0.000000317.